The Morgan fingerprint density at radius 1 is 1.47 bits per heavy atom. The molecule has 1 aliphatic carbocycles. The van der Waals surface area contributed by atoms with Gasteiger partial charge in [0.2, 0.25) is 0 Å². The molecule has 0 spiro atoms. The fourth-order valence-corrected chi connectivity index (χ4v) is 2.91. The van der Waals surface area contributed by atoms with Crippen molar-refractivity contribution in [2.24, 2.45) is 11.8 Å². The summed E-state index contributed by atoms with van der Waals surface area (Å²) in [5.41, 5.74) is 2.98. The molecule has 2 unspecified atom stereocenters. The summed E-state index contributed by atoms with van der Waals surface area (Å²) in [4.78, 5) is 2.50. The molecule has 0 aromatic rings. The Balaban J connectivity index is 1.80. The van der Waals surface area contributed by atoms with Crippen molar-refractivity contribution in [3.63, 3.8) is 0 Å². The van der Waals surface area contributed by atoms with Gasteiger partial charge in [-0.15, -0.1) is 0 Å². The van der Waals surface area contributed by atoms with Gasteiger partial charge in [0, 0.05) is 19.1 Å². The Morgan fingerprint density at radius 2 is 2.29 bits per heavy atom. The molecule has 1 heterocycles. The Kier molecular flexibility index (Phi) is 5.22. The van der Waals surface area contributed by atoms with Crippen LogP contribution in [0.3, 0.4) is 0 Å². The number of hydrogen-bond donors (Lipinski definition) is 2. The van der Waals surface area contributed by atoms with E-state index in [9.17, 15) is 0 Å². The van der Waals surface area contributed by atoms with E-state index in [1.807, 2.05) is 0 Å². The van der Waals surface area contributed by atoms with Gasteiger partial charge in [0.25, 0.3) is 0 Å². The minimum atomic E-state index is 0.279. The second-order valence-electron chi connectivity index (χ2n) is 5.52. The largest absolute Gasteiger partial charge is 0.374 e. The first-order valence-electron chi connectivity index (χ1n) is 7.13. The van der Waals surface area contributed by atoms with Gasteiger partial charge in [-0.1, -0.05) is 26.2 Å². The molecule has 0 amide bonds. The van der Waals surface area contributed by atoms with Crippen LogP contribution in [0.2, 0.25) is 0 Å². The molecule has 0 aromatic heterocycles. The van der Waals surface area contributed by atoms with E-state index in [1.54, 1.807) is 0 Å². The number of nitrogens with zero attached hydrogens (tertiary/aromatic N) is 1. The second kappa shape index (κ2) is 6.69. The van der Waals surface area contributed by atoms with Gasteiger partial charge < -0.3 is 4.74 Å². The average Bonchev–Trinajstić information content (AvgIpc) is 2.29. The van der Waals surface area contributed by atoms with E-state index >= 15 is 0 Å². The zero-order chi connectivity index (χ0) is 12.1. The van der Waals surface area contributed by atoms with Crippen LogP contribution in [0, 0.1) is 5.92 Å². The van der Waals surface area contributed by atoms with Crippen LogP contribution in [0.25, 0.3) is 0 Å². The summed E-state index contributed by atoms with van der Waals surface area (Å²) in [5.74, 6) is 6.58. The molecule has 0 bridgehead atoms. The Hall–Kier alpha value is -0.160. The van der Waals surface area contributed by atoms with Crippen molar-refractivity contribution < 1.29 is 4.74 Å². The molecule has 2 rings (SSSR count). The molecular weight excluding hydrogens is 214 g/mol. The summed E-state index contributed by atoms with van der Waals surface area (Å²) in [6.45, 7) is 6.38. The molecule has 0 aromatic carbocycles. The van der Waals surface area contributed by atoms with E-state index in [1.165, 1.54) is 38.6 Å². The van der Waals surface area contributed by atoms with Crippen LogP contribution in [0.4, 0.5) is 0 Å². The highest BCUT2D eigenvalue weighted by Crippen LogP contribution is 2.31. The SMILES string of the molecule is CCCN1CCOC(C(CC2CCC2)NN)C1. The fourth-order valence-electron chi connectivity index (χ4n) is 2.91. The molecule has 1 aliphatic heterocycles. The summed E-state index contributed by atoms with van der Waals surface area (Å²) in [5, 5.41) is 0. The van der Waals surface area contributed by atoms with Crippen molar-refractivity contribution in [3.05, 3.63) is 0 Å². The summed E-state index contributed by atoms with van der Waals surface area (Å²) < 4.78 is 5.89. The number of hydrazine groups is 1. The molecule has 1 saturated carbocycles. The zero-order valence-corrected chi connectivity index (χ0v) is 11.0. The molecule has 1 saturated heterocycles. The highest BCUT2D eigenvalue weighted by atomic mass is 16.5. The van der Waals surface area contributed by atoms with Crippen molar-refractivity contribution in [2.45, 2.75) is 51.2 Å². The highest BCUT2D eigenvalue weighted by Gasteiger charge is 2.30. The van der Waals surface area contributed by atoms with Crippen molar-refractivity contribution in [2.75, 3.05) is 26.2 Å². The number of rotatable bonds is 6. The third-order valence-electron chi connectivity index (χ3n) is 4.19. The molecule has 100 valence electrons. The first kappa shape index (κ1) is 13.3. The zero-order valence-electron chi connectivity index (χ0n) is 11.0. The Bertz CT molecular complexity index is 219. The standard InChI is InChI=1S/C13H27N3O/c1-2-6-16-7-8-17-13(10-16)12(15-14)9-11-4-3-5-11/h11-13,15H,2-10,14H2,1H3. The van der Waals surface area contributed by atoms with Gasteiger partial charge in [-0.05, 0) is 25.3 Å². The molecule has 3 N–H and O–H groups in total. The Labute approximate surface area is 105 Å². The van der Waals surface area contributed by atoms with E-state index in [0.717, 1.165) is 25.6 Å². The molecule has 2 fully saturated rings. The van der Waals surface area contributed by atoms with Crippen molar-refractivity contribution >= 4 is 0 Å². The van der Waals surface area contributed by atoms with Gasteiger partial charge >= 0.3 is 0 Å². The molecule has 4 heteroatoms. The van der Waals surface area contributed by atoms with Crippen molar-refractivity contribution in [1.82, 2.24) is 10.3 Å². The molecule has 4 nitrogen and oxygen atoms in total. The van der Waals surface area contributed by atoms with E-state index < -0.39 is 0 Å². The first-order valence-corrected chi connectivity index (χ1v) is 7.13. The number of ether oxygens (including phenoxy) is 1. The lowest BCUT2D eigenvalue weighted by Gasteiger charge is -2.39. The maximum atomic E-state index is 5.89. The number of nitrogens with two attached hydrogens (primary N) is 1. The summed E-state index contributed by atoms with van der Waals surface area (Å²) in [6.07, 6.45) is 6.83. The lowest BCUT2D eigenvalue weighted by atomic mass is 9.80. The maximum absolute atomic E-state index is 5.89. The van der Waals surface area contributed by atoms with Gasteiger partial charge in [-0.25, -0.2) is 0 Å². The van der Waals surface area contributed by atoms with Crippen molar-refractivity contribution in [3.8, 4) is 0 Å². The number of nitrogens with one attached hydrogen (secondary N) is 1. The summed E-state index contributed by atoms with van der Waals surface area (Å²) in [7, 11) is 0. The van der Waals surface area contributed by atoms with Crippen LogP contribution in [0.1, 0.15) is 39.0 Å². The Morgan fingerprint density at radius 3 is 2.88 bits per heavy atom. The molecule has 0 radical (unpaired) electrons. The molecular formula is C13H27N3O. The van der Waals surface area contributed by atoms with E-state index in [-0.39, 0.29) is 6.10 Å². The van der Waals surface area contributed by atoms with Crippen LogP contribution < -0.4 is 11.3 Å². The minimum absolute atomic E-state index is 0.279. The number of hydrogen-bond acceptors (Lipinski definition) is 4. The minimum Gasteiger partial charge on any atom is -0.374 e. The lowest BCUT2D eigenvalue weighted by molar-refractivity contribution is -0.0517. The lowest BCUT2D eigenvalue weighted by Crippen LogP contribution is -2.54. The number of morpholine rings is 1. The fraction of sp³-hybridized carbons (Fsp3) is 1.00. The summed E-state index contributed by atoms with van der Waals surface area (Å²) in [6, 6.07) is 0.333. The second-order valence-corrected chi connectivity index (χ2v) is 5.52. The van der Waals surface area contributed by atoms with Gasteiger partial charge in [0.05, 0.1) is 12.7 Å². The van der Waals surface area contributed by atoms with Crippen LogP contribution in [-0.4, -0.2) is 43.3 Å². The molecule has 17 heavy (non-hydrogen) atoms. The van der Waals surface area contributed by atoms with E-state index in [4.69, 9.17) is 10.6 Å². The van der Waals surface area contributed by atoms with Crippen LogP contribution in [0.15, 0.2) is 0 Å². The van der Waals surface area contributed by atoms with Gasteiger partial charge in [0.15, 0.2) is 0 Å². The normalized spacial score (nSPS) is 28.9. The molecule has 2 aliphatic rings. The first-order chi connectivity index (χ1) is 8.33. The van der Waals surface area contributed by atoms with Gasteiger partial charge in [0.1, 0.15) is 0 Å². The maximum Gasteiger partial charge on any atom is 0.0868 e. The third kappa shape index (κ3) is 3.65. The highest BCUT2D eigenvalue weighted by molar-refractivity contribution is 4.85. The van der Waals surface area contributed by atoms with Crippen LogP contribution in [0.5, 0.6) is 0 Å². The van der Waals surface area contributed by atoms with E-state index in [0.29, 0.717) is 6.04 Å². The topological polar surface area (TPSA) is 50.5 Å². The van der Waals surface area contributed by atoms with Gasteiger partial charge in [-0.2, -0.15) is 0 Å². The monoisotopic (exact) mass is 241 g/mol. The van der Waals surface area contributed by atoms with Gasteiger partial charge in [-0.3, -0.25) is 16.2 Å². The predicted octanol–water partition coefficient (Wildman–Crippen LogP) is 1.12. The predicted molar refractivity (Wildman–Crippen MR) is 69.5 cm³/mol. The summed E-state index contributed by atoms with van der Waals surface area (Å²) >= 11 is 0. The third-order valence-corrected chi connectivity index (χ3v) is 4.19. The molecule has 2 atom stereocenters. The van der Waals surface area contributed by atoms with E-state index in [2.05, 4.69) is 17.2 Å². The van der Waals surface area contributed by atoms with Crippen molar-refractivity contribution in [1.29, 1.82) is 0 Å². The van der Waals surface area contributed by atoms with Crippen LogP contribution in [-0.2, 0) is 4.74 Å². The van der Waals surface area contributed by atoms with Crippen LogP contribution >= 0.6 is 0 Å². The average molecular weight is 241 g/mol. The quantitative estimate of drug-likeness (QED) is 0.540. The smallest absolute Gasteiger partial charge is 0.0868 e.